The highest BCUT2D eigenvalue weighted by Crippen LogP contribution is 2.26. The first-order valence-corrected chi connectivity index (χ1v) is 9.81. The van der Waals surface area contributed by atoms with Gasteiger partial charge in [-0.05, 0) is 39.7 Å². The molecule has 1 aliphatic heterocycles. The SMILES string of the molecule is O=C(C[C@@H]1OCCN(Cc2ccccc2)C1=O)Nc1ccc(Br)cc1Br. The zero-order valence-electron chi connectivity index (χ0n) is 14.0. The van der Waals surface area contributed by atoms with E-state index in [2.05, 4.69) is 37.2 Å². The highest BCUT2D eigenvalue weighted by atomic mass is 79.9. The maximum atomic E-state index is 12.6. The Kier molecular flexibility index (Phi) is 6.45. The van der Waals surface area contributed by atoms with Crippen molar-refractivity contribution in [2.24, 2.45) is 0 Å². The molecule has 0 bridgehead atoms. The molecule has 0 unspecified atom stereocenters. The van der Waals surface area contributed by atoms with Crippen LogP contribution in [-0.4, -0.2) is 36.0 Å². The van der Waals surface area contributed by atoms with E-state index in [0.29, 0.717) is 25.4 Å². The number of rotatable bonds is 5. The van der Waals surface area contributed by atoms with Crippen molar-refractivity contribution in [1.29, 1.82) is 0 Å². The van der Waals surface area contributed by atoms with Crippen LogP contribution >= 0.6 is 31.9 Å². The molecular formula is C19H18Br2N2O3. The summed E-state index contributed by atoms with van der Waals surface area (Å²) >= 11 is 6.78. The van der Waals surface area contributed by atoms with Crippen LogP contribution in [0.4, 0.5) is 5.69 Å². The number of nitrogens with one attached hydrogen (secondary N) is 1. The molecule has 1 aliphatic rings. The van der Waals surface area contributed by atoms with E-state index in [1.54, 1.807) is 11.0 Å². The normalized spacial score (nSPS) is 17.2. The van der Waals surface area contributed by atoms with Gasteiger partial charge in [0.1, 0.15) is 6.10 Å². The van der Waals surface area contributed by atoms with Crippen LogP contribution in [-0.2, 0) is 20.9 Å². The minimum atomic E-state index is -0.748. The number of carbonyl (C=O) groups excluding carboxylic acids is 2. The number of morpholine rings is 1. The van der Waals surface area contributed by atoms with Crippen LogP contribution in [0.3, 0.4) is 0 Å². The second-order valence-electron chi connectivity index (χ2n) is 5.98. The van der Waals surface area contributed by atoms with Gasteiger partial charge in [-0.3, -0.25) is 9.59 Å². The molecule has 2 aromatic carbocycles. The van der Waals surface area contributed by atoms with Gasteiger partial charge in [0.2, 0.25) is 5.91 Å². The molecule has 5 nitrogen and oxygen atoms in total. The minimum Gasteiger partial charge on any atom is -0.366 e. The topological polar surface area (TPSA) is 58.6 Å². The number of nitrogens with zero attached hydrogens (tertiary/aromatic N) is 1. The number of amides is 2. The van der Waals surface area contributed by atoms with E-state index < -0.39 is 6.10 Å². The molecule has 0 saturated carbocycles. The molecule has 2 aromatic rings. The summed E-state index contributed by atoms with van der Waals surface area (Å²) < 4.78 is 7.22. The van der Waals surface area contributed by atoms with Crippen molar-refractivity contribution >= 4 is 49.4 Å². The third kappa shape index (κ3) is 4.93. The van der Waals surface area contributed by atoms with E-state index in [4.69, 9.17) is 4.74 Å². The number of carbonyl (C=O) groups is 2. The van der Waals surface area contributed by atoms with Crippen molar-refractivity contribution < 1.29 is 14.3 Å². The lowest BCUT2D eigenvalue weighted by atomic mass is 10.1. The molecule has 0 radical (unpaired) electrons. The Hall–Kier alpha value is -1.70. The summed E-state index contributed by atoms with van der Waals surface area (Å²) in [4.78, 5) is 26.7. The average Bonchev–Trinajstić information content (AvgIpc) is 2.62. The van der Waals surface area contributed by atoms with Crippen molar-refractivity contribution in [2.45, 2.75) is 19.1 Å². The van der Waals surface area contributed by atoms with Gasteiger partial charge in [0.15, 0.2) is 0 Å². The van der Waals surface area contributed by atoms with Crippen LogP contribution in [0.5, 0.6) is 0 Å². The van der Waals surface area contributed by atoms with Gasteiger partial charge in [-0.15, -0.1) is 0 Å². The first kappa shape index (κ1) is 19.1. The van der Waals surface area contributed by atoms with E-state index in [0.717, 1.165) is 14.5 Å². The Labute approximate surface area is 169 Å². The Morgan fingerprint density at radius 3 is 2.69 bits per heavy atom. The Balaban J connectivity index is 1.60. The molecule has 0 aliphatic carbocycles. The molecule has 136 valence electrons. The van der Waals surface area contributed by atoms with Crippen LogP contribution in [0.1, 0.15) is 12.0 Å². The second kappa shape index (κ2) is 8.79. The smallest absolute Gasteiger partial charge is 0.252 e. The van der Waals surface area contributed by atoms with Gasteiger partial charge in [-0.25, -0.2) is 0 Å². The van der Waals surface area contributed by atoms with Crippen molar-refractivity contribution in [2.75, 3.05) is 18.5 Å². The van der Waals surface area contributed by atoms with Crippen LogP contribution in [0.15, 0.2) is 57.5 Å². The van der Waals surface area contributed by atoms with Gasteiger partial charge in [0, 0.05) is 22.0 Å². The number of benzene rings is 2. The monoisotopic (exact) mass is 480 g/mol. The predicted octanol–water partition coefficient (Wildman–Crippen LogP) is 3.97. The molecule has 0 aromatic heterocycles. The summed E-state index contributed by atoms with van der Waals surface area (Å²) in [7, 11) is 0. The molecule has 2 amide bonds. The van der Waals surface area contributed by atoms with E-state index in [1.807, 2.05) is 42.5 Å². The van der Waals surface area contributed by atoms with Gasteiger partial charge in [0.05, 0.1) is 18.7 Å². The lowest BCUT2D eigenvalue weighted by Crippen LogP contribution is -2.48. The van der Waals surface area contributed by atoms with Crippen molar-refractivity contribution in [3.05, 3.63) is 63.0 Å². The fourth-order valence-electron chi connectivity index (χ4n) is 2.76. The van der Waals surface area contributed by atoms with Crippen LogP contribution in [0, 0.1) is 0 Å². The second-order valence-corrected chi connectivity index (χ2v) is 7.75. The summed E-state index contributed by atoms with van der Waals surface area (Å²) in [6, 6.07) is 15.3. The van der Waals surface area contributed by atoms with E-state index in [9.17, 15) is 9.59 Å². The first-order valence-electron chi connectivity index (χ1n) is 8.22. The summed E-state index contributed by atoms with van der Waals surface area (Å²) in [5, 5.41) is 2.81. The highest BCUT2D eigenvalue weighted by Gasteiger charge is 2.31. The maximum absolute atomic E-state index is 12.6. The Morgan fingerprint density at radius 2 is 1.96 bits per heavy atom. The van der Waals surface area contributed by atoms with Crippen LogP contribution in [0.2, 0.25) is 0 Å². The molecule has 1 heterocycles. The van der Waals surface area contributed by atoms with Gasteiger partial charge in [-0.2, -0.15) is 0 Å². The lowest BCUT2D eigenvalue weighted by molar-refractivity contribution is -0.155. The number of ether oxygens (including phenoxy) is 1. The van der Waals surface area contributed by atoms with Crippen LogP contribution < -0.4 is 5.32 Å². The summed E-state index contributed by atoms with van der Waals surface area (Å²) in [6.07, 6.45) is -0.756. The van der Waals surface area contributed by atoms with Gasteiger partial charge < -0.3 is 15.0 Å². The maximum Gasteiger partial charge on any atom is 0.252 e. The van der Waals surface area contributed by atoms with Crippen molar-refractivity contribution in [3.63, 3.8) is 0 Å². The van der Waals surface area contributed by atoms with E-state index >= 15 is 0 Å². The van der Waals surface area contributed by atoms with Gasteiger partial charge in [0.25, 0.3) is 5.91 Å². The highest BCUT2D eigenvalue weighted by molar-refractivity contribution is 9.11. The minimum absolute atomic E-state index is 0.00731. The number of halogens is 2. The summed E-state index contributed by atoms with van der Waals surface area (Å²) in [5.74, 6) is -0.405. The fraction of sp³-hybridized carbons (Fsp3) is 0.263. The quantitative estimate of drug-likeness (QED) is 0.702. The van der Waals surface area contributed by atoms with Crippen molar-refractivity contribution in [3.8, 4) is 0 Å². The van der Waals surface area contributed by atoms with E-state index in [-0.39, 0.29) is 18.2 Å². The zero-order valence-corrected chi connectivity index (χ0v) is 17.1. The first-order chi connectivity index (χ1) is 12.5. The van der Waals surface area contributed by atoms with Crippen LogP contribution in [0.25, 0.3) is 0 Å². The number of hydrogen-bond acceptors (Lipinski definition) is 3. The number of anilines is 1. The molecule has 0 spiro atoms. The molecular weight excluding hydrogens is 464 g/mol. The fourth-order valence-corrected chi connectivity index (χ4v) is 3.90. The lowest BCUT2D eigenvalue weighted by Gasteiger charge is -2.32. The molecule has 1 saturated heterocycles. The third-order valence-corrected chi connectivity index (χ3v) is 5.21. The predicted molar refractivity (Wildman–Crippen MR) is 107 cm³/mol. The van der Waals surface area contributed by atoms with E-state index in [1.165, 1.54) is 0 Å². The third-order valence-electron chi connectivity index (χ3n) is 4.06. The Morgan fingerprint density at radius 1 is 1.19 bits per heavy atom. The molecule has 1 N–H and O–H groups in total. The van der Waals surface area contributed by atoms with Crippen molar-refractivity contribution in [1.82, 2.24) is 4.90 Å². The molecule has 1 atom stereocenters. The van der Waals surface area contributed by atoms with Gasteiger partial charge >= 0.3 is 0 Å². The Bertz CT molecular complexity index is 799. The summed E-state index contributed by atoms with van der Waals surface area (Å²) in [6.45, 7) is 1.49. The standard InChI is InChI=1S/C19H18Br2N2O3/c20-14-6-7-16(15(21)10-14)22-18(24)11-17-19(25)23(8-9-26-17)12-13-4-2-1-3-5-13/h1-7,10,17H,8-9,11-12H2,(H,22,24)/t17-/m0/s1. The average molecular weight is 482 g/mol. The number of hydrogen-bond donors (Lipinski definition) is 1. The molecule has 26 heavy (non-hydrogen) atoms. The summed E-state index contributed by atoms with van der Waals surface area (Å²) in [5.41, 5.74) is 1.72. The molecule has 7 heteroatoms. The zero-order chi connectivity index (χ0) is 18.5. The molecule has 1 fully saturated rings. The largest absolute Gasteiger partial charge is 0.366 e. The molecule has 3 rings (SSSR count). The van der Waals surface area contributed by atoms with Gasteiger partial charge in [-0.1, -0.05) is 46.3 Å².